The van der Waals surface area contributed by atoms with Crippen LogP contribution in [0.1, 0.15) is 62.2 Å². The number of urea groups is 4. The van der Waals surface area contributed by atoms with E-state index in [0.29, 0.717) is 91.3 Å². The van der Waals surface area contributed by atoms with E-state index >= 15 is 0 Å². The normalized spacial score (nSPS) is 15.4. The lowest BCUT2D eigenvalue weighted by atomic mass is 10.2. The first-order valence-electron chi connectivity index (χ1n) is 38.7. The first-order valence-corrected chi connectivity index (χ1v) is 41.4. The highest BCUT2D eigenvalue weighted by atomic mass is 35.5. The molecular formula is C78H77Cl7N22O20. The quantitative estimate of drug-likeness (QED) is 0.0282. The zero-order valence-electron chi connectivity index (χ0n) is 67.5. The van der Waals surface area contributed by atoms with Crippen LogP contribution in [0.4, 0.5) is 76.3 Å². The lowest BCUT2D eigenvalue weighted by Crippen LogP contribution is -2.36. The number of rotatable bonds is 22. The van der Waals surface area contributed by atoms with Crippen molar-refractivity contribution in [1.82, 2.24) is 59.5 Å². The number of hydrogen-bond donors (Lipinski definition) is 4. The Balaban J connectivity index is 0.000000154. The van der Waals surface area contributed by atoms with Gasteiger partial charge in [0.05, 0.1) is 88.9 Å². The Morgan fingerprint density at radius 3 is 1.06 bits per heavy atom. The number of esters is 3. The first-order chi connectivity index (χ1) is 60.9. The van der Waals surface area contributed by atoms with Gasteiger partial charge in [0, 0.05) is 81.7 Å². The number of nitrogens with zero attached hydrogens (tertiary/aromatic N) is 20. The molecule has 11 heterocycles. The fraction of sp³-hybridized carbons (Fsp3) is 0.333. The number of carbonyl (C=O) groups is 12. The number of anilines is 10. The molecular weight excluding hydrogens is 1810 g/mol. The summed E-state index contributed by atoms with van der Waals surface area (Å²) in [6.07, 6.45) is 4.82. The zero-order valence-corrected chi connectivity index (χ0v) is 72.8. The second kappa shape index (κ2) is 41.9. The van der Waals surface area contributed by atoms with Crippen molar-refractivity contribution < 1.29 is 96.2 Å². The molecule has 42 nitrogen and oxygen atoms in total. The number of aliphatic hydroxyl groups excluding tert-OH is 1. The summed E-state index contributed by atoms with van der Waals surface area (Å²) in [4.78, 5) is 197. The van der Waals surface area contributed by atoms with E-state index in [2.05, 4.69) is 39.9 Å². The number of aromatic nitrogens is 8. The average molecular weight is 1890 g/mol. The number of hydrogen-bond acceptors (Lipinski definition) is 29. The highest BCUT2D eigenvalue weighted by Crippen LogP contribution is 2.41. The first kappa shape index (κ1) is 93.2. The van der Waals surface area contributed by atoms with Crippen molar-refractivity contribution >= 4 is 210 Å². The lowest BCUT2D eigenvalue weighted by molar-refractivity contribution is -0.144. The maximum atomic E-state index is 13.1. The molecule has 0 unspecified atom stereocenters. The van der Waals surface area contributed by atoms with Crippen molar-refractivity contribution in [2.75, 3.05) is 202 Å². The van der Waals surface area contributed by atoms with Gasteiger partial charge in [0.2, 0.25) is 17.6 Å². The summed E-state index contributed by atoms with van der Waals surface area (Å²) in [6, 6.07) is 17.8. The van der Waals surface area contributed by atoms with Crippen molar-refractivity contribution in [3.63, 3.8) is 0 Å². The van der Waals surface area contributed by atoms with Crippen LogP contribution >= 0.6 is 81.2 Å². The van der Waals surface area contributed by atoms with E-state index in [-0.39, 0.29) is 210 Å². The predicted molar refractivity (Wildman–Crippen MR) is 463 cm³/mol. The monoisotopic (exact) mass is 1890 g/mol. The number of benzene rings is 4. The van der Waals surface area contributed by atoms with Crippen LogP contribution in [0.25, 0.3) is 0 Å². The SMILES string of the molecule is CCOC(=O)CN1CCN(c2ccc(N(CCO)C(=O)c3c(Cl)ncnc3Cl)cc2Cl)C1=O.CCOC(=O)CN1CCN(c2ccc(N3CCOc4ncnc(Cl)c4C3=O)cc2Cl)C1=O.CCOC(=O)CN1CCN(c2ccc(N3CCOc4ncnc(N)c4C3=O)cc2Cl)C1=O.Nc1ncnc2c1C(=O)N(c1ccc(N3CCN(CC(=O)O)C3=O)c(Cl)c1)CCO2. The van der Waals surface area contributed by atoms with Gasteiger partial charge in [0.25, 0.3) is 23.6 Å². The Kier molecular flexibility index (Phi) is 30.7. The minimum absolute atomic E-state index is 0.000952. The molecule has 4 aromatic heterocycles. The van der Waals surface area contributed by atoms with Crippen LogP contribution in [0, 0.1) is 0 Å². The molecule has 8 aromatic rings. The van der Waals surface area contributed by atoms with E-state index in [0.717, 1.165) is 6.33 Å². The number of ether oxygens (including phenoxy) is 6. The molecule has 0 bridgehead atoms. The Labute approximate surface area is 757 Å². The van der Waals surface area contributed by atoms with E-state index in [9.17, 15) is 62.6 Å². The molecule has 6 N–H and O–H groups in total. The molecule has 7 aliphatic heterocycles. The van der Waals surface area contributed by atoms with E-state index in [1.54, 1.807) is 87.5 Å². The third-order valence-corrected chi connectivity index (χ3v) is 21.8. The molecule has 7 aliphatic rings. The summed E-state index contributed by atoms with van der Waals surface area (Å²) in [5.74, 6) is -3.94. The molecule has 49 heteroatoms. The molecule has 4 fully saturated rings. The van der Waals surface area contributed by atoms with Crippen LogP contribution in [-0.4, -0.2) is 292 Å². The second-order valence-electron chi connectivity index (χ2n) is 27.4. The molecule has 0 aliphatic carbocycles. The molecule has 4 saturated heterocycles. The van der Waals surface area contributed by atoms with Crippen LogP contribution in [0.2, 0.25) is 35.5 Å². The molecule has 0 spiro atoms. The fourth-order valence-corrected chi connectivity index (χ4v) is 15.7. The number of carbonyl (C=O) groups excluding carboxylic acids is 11. The van der Waals surface area contributed by atoms with Crippen molar-refractivity contribution in [1.29, 1.82) is 0 Å². The summed E-state index contributed by atoms with van der Waals surface area (Å²) >= 11 is 44.0. The van der Waals surface area contributed by atoms with Crippen molar-refractivity contribution in [2.24, 2.45) is 0 Å². The summed E-state index contributed by atoms with van der Waals surface area (Å²) in [5, 5.41) is 19.1. The molecule has 127 heavy (non-hydrogen) atoms. The van der Waals surface area contributed by atoms with Gasteiger partial charge in [-0.05, 0) is 93.6 Å². The number of aliphatic hydroxyl groups is 1. The number of aliphatic carboxylic acids is 1. The predicted octanol–water partition coefficient (Wildman–Crippen LogP) is 8.14. The van der Waals surface area contributed by atoms with Crippen LogP contribution in [0.15, 0.2) is 98.1 Å². The van der Waals surface area contributed by atoms with Gasteiger partial charge >= 0.3 is 48.0 Å². The van der Waals surface area contributed by atoms with Gasteiger partial charge in [-0.3, -0.25) is 58.0 Å². The minimum atomic E-state index is -1.09. The largest absolute Gasteiger partial charge is 0.480 e. The van der Waals surface area contributed by atoms with Gasteiger partial charge in [-0.2, -0.15) is 0 Å². The van der Waals surface area contributed by atoms with E-state index in [1.165, 1.54) is 83.8 Å². The van der Waals surface area contributed by atoms with Gasteiger partial charge < -0.3 is 89.3 Å². The second-order valence-corrected chi connectivity index (χ2v) is 30.1. The molecule has 12 amide bonds. The molecule has 0 radical (unpaired) electrons. The highest BCUT2D eigenvalue weighted by Gasteiger charge is 2.40. The molecule has 15 rings (SSSR count). The number of carboxylic acid groups (broad SMARTS) is 1. The van der Waals surface area contributed by atoms with Crippen molar-refractivity contribution in [3.05, 3.63) is 156 Å². The number of nitrogens with two attached hydrogens (primary N) is 2. The Hall–Kier alpha value is -13.0. The smallest absolute Gasteiger partial charge is 0.325 e. The third kappa shape index (κ3) is 21.1. The van der Waals surface area contributed by atoms with E-state index in [1.807, 2.05) is 0 Å². The number of amides is 12. The topological polar surface area (TPSA) is 495 Å². The summed E-state index contributed by atoms with van der Waals surface area (Å²) in [7, 11) is 0. The third-order valence-electron chi connectivity index (χ3n) is 19.7. The van der Waals surface area contributed by atoms with Crippen LogP contribution in [-0.2, 0) is 33.4 Å². The Morgan fingerprint density at radius 1 is 0.402 bits per heavy atom. The number of nitrogen functional groups attached to an aromatic ring is 2. The Morgan fingerprint density at radius 2 is 0.717 bits per heavy atom. The molecule has 4 aromatic carbocycles. The van der Waals surface area contributed by atoms with E-state index < -0.39 is 53.5 Å². The molecule has 0 atom stereocenters. The van der Waals surface area contributed by atoms with Gasteiger partial charge in [-0.1, -0.05) is 81.2 Å². The van der Waals surface area contributed by atoms with Crippen molar-refractivity contribution in [2.45, 2.75) is 20.8 Å². The van der Waals surface area contributed by atoms with Gasteiger partial charge in [-0.25, -0.2) is 59.0 Å². The minimum Gasteiger partial charge on any atom is -0.480 e. The van der Waals surface area contributed by atoms with Gasteiger partial charge in [0.15, 0.2) is 0 Å². The van der Waals surface area contributed by atoms with E-state index in [4.69, 9.17) is 126 Å². The van der Waals surface area contributed by atoms with Gasteiger partial charge in [0.1, 0.15) is 121 Å². The van der Waals surface area contributed by atoms with Crippen molar-refractivity contribution in [3.8, 4) is 17.6 Å². The van der Waals surface area contributed by atoms with Crippen LogP contribution in [0.5, 0.6) is 17.6 Å². The average Bonchev–Trinajstić information content (AvgIpc) is 1.67. The molecule has 0 saturated carbocycles. The Bertz CT molecular complexity index is 5430. The van der Waals surface area contributed by atoms with Gasteiger partial charge in [-0.15, -0.1) is 0 Å². The summed E-state index contributed by atoms with van der Waals surface area (Å²) in [6.45, 7) is 8.70. The molecule has 668 valence electrons. The number of carboxylic acids is 1. The van der Waals surface area contributed by atoms with Crippen LogP contribution < -0.4 is 64.9 Å². The standard InChI is InChI=1S/C20H20Cl3N5O5.C20H19Cl2N5O5.C20H21ClN6O5.C18H17ClN6O5/c1-2-33-15(30)10-26-5-6-28(20(26)32)14-4-3-12(9-13(14)21)27(7-8-29)19(31)16-17(22)24-11-25-18(16)23;2*1-2-31-15(28)10-25-5-6-27(20(25)30)14-4-3-12(9-13(14)21)26-7-8-32-18-16(19(26)29)17(22)23-11-24-18;19-11-7-10(1-2-12(11)25-4-3-23(18(25)29)8-13(26)27)24-5-6-30-16-14(17(24)28)15(20)21-9-22-16/h3-4,9,11,29H,2,5-8,10H2,1H3;3-4,9,11H,2,5-8,10H2,1H3;3-4,9,11H,2,5-8,10H2,1H3,(H2,22,23,24);1-2,7,9H,3-6,8H2,(H,26,27)(H2,20,21,22). The summed E-state index contributed by atoms with van der Waals surface area (Å²) < 4.78 is 31.3. The summed E-state index contributed by atoms with van der Waals surface area (Å²) in [5.41, 5.74) is 15.5. The fourth-order valence-electron chi connectivity index (χ4n) is 13.9. The highest BCUT2D eigenvalue weighted by molar-refractivity contribution is 6.40. The zero-order chi connectivity index (χ0) is 91.2. The number of halogens is 7. The van der Waals surface area contributed by atoms with Crippen LogP contribution in [0.3, 0.4) is 0 Å². The maximum absolute atomic E-state index is 13.1. The number of fused-ring (bicyclic) bond motifs is 3. The maximum Gasteiger partial charge on any atom is 0.325 e. The lowest BCUT2D eigenvalue weighted by Gasteiger charge is -2.24.